The average molecular weight is 475 g/mol. The molecule has 0 saturated carbocycles. The molecule has 1 aromatic heterocycles. The molecule has 138 valence electrons. The molecule has 0 aliphatic rings. The fraction of sp³-hybridized carbons (Fsp3) is 0.389. The van der Waals surface area contributed by atoms with Gasteiger partial charge in [0.25, 0.3) is 0 Å². The lowest BCUT2D eigenvalue weighted by Crippen LogP contribution is -2.39. The number of hydrogen-bond acceptors (Lipinski definition) is 4. The summed E-state index contributed by atoms with van der Waals surface area (Å²) >= 11 is 1.79. The Morgan fingerprint density at radius 3 is 2.64 bits per heavy atom. The van der Waals surface area contributed by atoms with E-state index in [9.17, 15) is 0 Å². The Balaban J connectivity index is 0.00000312. The number of methoxy groups -OCH3 is 2. The summed E-state index contributed by atoms with van der Waals surface area (Å²) in [6.07, 6.45) is 1.01. The van der Waals surface area contributed by atoms with Crippen LogP contribution in [-0.2, 0) is 13.0 Å². The van der Waals surface area contributed by atoms with Gasteiger partial charge in [-0.05, 0) is 30.0 Å². The van der Waals surface area contributed by atoms with E-state index >= 15 is 0 Å². The number of likely N-dealkylation sites (N-methyl/N-ethyl adjacent to an activating group) is 1. The van der Waals surface area contributed by atoms with Gasteiger partial charge >= 0.3 is 0 Å². The lowest BCUT2D eigenvalue weighted by atomic mass is 10.2. The van der Waals surface area contributed by atoms with Gasteiger partial charge in [-0.25, -0.2) is 0 Å². The molecule has 0 fully saturated rings. The molecule has 2 rings (SSSR count). The number of guanidine groups is 1. The predicted octanol–water partition coefficient (Wildman–Crippen LogP) is 3.63. The number of halogens is 1. The third-order valence-corrected chi connectivity index (χ3v) is 4.71. The Bertz CT molecular complexity index is 662. The Kier molecular flexibility index (Phi) is 9.66. The maximum atomic E-state index is 5.44. The van der Waals surface area contributed by atoms with Crippen LogP contribution in [0.3, 0.4) is 0 Å². The fourth-order valence-corrected chi connectivity index (χ4v) is 3.09. The number of ether oxygens (including phenoxy) is 2. The van der Waals surface area contributed by atoms with Crippen LogP contribution in [0.4, 0.5) is 0 Å². The van der Waals surface area contributed by atoms with Crippen LogP contribution in [0.1, 0.15) is 10.4 Å². The van der Waals surface area contributed by atoms with Crippen LogP contribution < -0.4 is 14.8 Å². The zero-order valence-corrected chi connectivity index (χ0v) is 18.3. The SMILES string of the molecule is CN=C(NCc1ccc(OC)cc1OC)N(C)CCc1cccs1.I. The first kappa shape index (κ1) is 21.6. The van der Waals surface area contributed by atoms with Gasteiger partial charge in [0, 0.05) is 43.7 Å². The Labute approximate surface area is 171 Å². The molecule has 5 nitrogen and oxygen atoms in total. The molecule has 0 radical (unpaired) electrons. The number of aliphatic imine (C=N–C) groups is 1. The number of rotatable bonds is 7. The van der Waals surface area contributed by atoms with E-state index in [0.29, 0.717) is 6.54 Å². The van der Waals surface area contributed by atoms with E-state index in [2.05, 4.69) is 32.7 Å². The topological polar surface area (TPSA) is 46.1 Å². The van der Waals surface area contributed by atoms with Gasteiger partial charge in [0.05, 0.1) is 14.2 Å². The maximum absolute atomic E-state index is 5.44. The monoisotopic (exact) mass is 475 g/mol. The van der Waals surface area contributed by atoms with Crippen molar-refractivity contribution in [1.29, 1.82) is 0 Å². The van der Waals surface area contributed by atoms with E-state index in [1.54, 1.807) is 32.6 Å². The number of benzene rings is 1. The minimum atomic E-state index is 0. The van der Waals surface area contributed by atoms with Crippen LogP contribution in [0, 0.1) is 0 Å². The van der Waals surface area contributed by atoms with E-state index in [4.69, 9.17) is 9.47 Å². The molecule has 1 aromatic carbocycles. The van der Waals surface area contributed by atoms with Crippen LogP contribution in [0.15, 0.2) is 40.7 Å². The summed E-state index contributed by atoms with van der Waals surface area (Å²) in [5, 5.41) is 5.50. The van der Waals surface area contributed by atoms with Gasteiger partial charge in [-0.2, -0.15) is 0 Å². The first-order valence-electron chi connectivity index (χ1n) is 7.83. The number of hydrogen-bond donors (Lipinski definition) is 1. The smallest absolute Gasteiger partial charge is 0.193 e. The van der Waals surface area contributed by atoms with Crippen LogP contribution >= 0.6 is 35.3 Å². The molecule has 0 aliphatic carbocycles. The molecule has 25 heavy (non-hydrogen) atoms. The van der Waals surface area contributed by atoms with Gasteiger partial charge in [-0.3, -0.25) is 4.99 Å². The Morgan fingerprint density at radius 2 is 2.04 bits per heavy atom. The van der Waals surface area contributed by atoms with E-state index in [0.717, 1.165) is 36.0 Å². The lowest BCUT2D eigenvalue weighted by Gasteiger charge is -2.22. The average Bonchev–Trinajstić information content (AvgIpc) is 3.14. The largest absolute Gasteiger partial charge is 0.497 e. The van der Waals surface area contributed by atoms with Crippen LogP contribution in [-0.4, -0.2) is 45.7 Å². The van der Waals surface area contributed by atoms with Gasteiger partial charge < -0.3 is 19.7 Å². The molecule has 0 aliphatic heterocycles. The molecule has 0 saturated heterocycles. The highest BCUT2D eigenvalue weighted by Crippen LogP contribution is 2.24. The van der Waals surface area contributed by atoms with Gasteiger partial charge in [-0.15, -0.1) is 35.3 Å². The summed E-state index contributed by atoms with van der Waals surface area (Å²) in [5.74, 6) is 2.45. The minimum absolute atomic E-state index is 0. The van der Waals surface area contributed by atoms with Crippen molar-refractivity contribution >= 4 is 41.3 Å². The predicted molar refractivity (Wildman–Crippen MR) is 116 cm³/mol. The molecule has 0 unspecified atom stereocenters. The summed E-state index contributed by atoms with van der Waals surface area (Å²) in [6.45, 7) is 1.56. The molecule has 0 spiro atoms. The molecular weight excluding hydrogens is 449 g/mol. The molecular formula is C18H26IN3O2S. The van der Waals surface area contributed by atoms with Gasteiger partial charge in [0.1, 0.15) is 11.5 Å². The molecule has 0 atom stereocenters. The Hall–Kier alpha value is -1.48. The van der Waals surface area contributed by atoms with Crippen molar-refractivity contribution in [2.45, 2.75) is 13.0 Å². The highest BCUT2D eigenvalue weighted by molar-refractivity contribution is 14.0. The van der Waals surface area contributed by atoms with Gasteiger partial charge in [-0.1, -0.05) is 6.07 Å². The lowest BCUT2D eigenvalue weighted by molar-refractivity contribution is 0.390. The number of nitrogens with zero attached hydrogens (tertiary/aromatic N) is 2. The third-order valence-electron chi connectivity index (χ3n) is 3.78. The summed E-state index contributed by atoms with van der Waals surface area (Å²) in [6, 6.07) is 10.1. The second kappa shape index (κ2) is 11.2. The van der Waals surface area contributed by atoms with Gasteiger partial charge in [0.2, 0.25) is 0 Å². The Morgan fingerprint density at radius 1 is 1.24 bits per heavy atom. The van der Waals surface area contributed by atoms with Crippen LogP contribution in [0.2, 0.25) is 0 Å². The fourth-order valence-electron chi connectivity index (χ4n) is 2.40. The molecule has 1 heterocycles. The zero-order chi connectivity index (χ0) is 17.4. The number of thiophene rings is 1. The van der Waals surface area contributed by atoms with Crippen molar-refractivity contribution in [2.75, 3.05) is 34.9 Å². The zero-order valence-electron chi connectivity index (χ0n) is 15.1. The standard InChI is InChI=1S/C18H25N3O2S.HI/c1-19-18(21(2)10-9-16-6-5-11-24-16)20-13-14-7-8-15(22-3)12-17(14)23-4;/h5-8,11-12H,9-10,13H2,1-4H3,(H,19,20);1H. The van der Waals surface area contributed by atoms with E-state index in [-0.39, 0.29) is 24.0 Å². The van der Waals surface area contributed by atoms with Crippen molar-refractivity contribution in [3.63, 3.8) is 0 Å². The van der Waals surface area contributed by atoms with Gasteiger partial charge in [0.15, 0.2) is 5.96 Å². The van der Waals surface area contributed by atoms with Crippen molar-refractivity contribution in [3.05, 3.63) is 46.2 Å². The molecule has 0 amide bonds. The first-order chi connectivity index (χ1) is 11.7. The normalized spacial score (nSPS) is 10.8. The van der Waals surface area contributed by atoms with Crippen molar-refractivity contribution < 1.29 is 9.47 Å². The maximum Gasteiger partial charge on any atom is 0.193 e. The summed E-state index contributed by atoms with van der Waals surface area (Å²) < 4.78 is 10.7. The van der Waals surface area contributed by atoms with Crippen LogP contribution in [0.25, 0.3) is 0 Å². The quantitative estimate of drug-likeness (QED) is 0.378. The van der Waals surface area contributed by atoms with Crippen LogP contribution in [0.5, 0.6) is 11.5 Å². The van der Waals surface area contributed by atoms with Crippen molar-refractivity contribution in [2.24, 2.45) is 4.99 Å². The van der Waals surface area contributed by atoms with Crippen molar-refractivity contribution in [3.8, 4) is 11.5 Å². The highest BCUT2D eigenvalue weighted by atomic mass is 127. The molecule has 7 heteroatoms. The summed E-state index contributed by atoms with van der Waals surface area (Å²) in [7, 11) is 7.17. The second-order valence-electron chi connectivity index (χ2n) is 5.33. The van der Waals surface area contributed by atoms with E-state index in [1.807, 2.05) is 25.2 Å². The second-order valence-corrected chi connectivity index (χ2v) is 6.36. The summed E-state index contributed by atoms with van der Waals surface area (Å²) in [5.41, 5.74) is 1.06. The minimum Gasteiger partial charge on any atom is -0.497 e. The van der Waals surface area contributed by atoms with E-state index < -0.39 is 0 Å². The third kappa shape index (κ3) is 6.39. The number of nitrogens with one attached hydrogen (secondary N) is 1. The van der Waals surface area contributed by atoms with E-state index in [1.165, 1.54) is 4.88 Å². The molecule has 0 bridgehead atoms. The molecule has 2 aromatic rings. The summed E-state index contributed by atoms with van der Waals surface area (Å²) in [4.78, 5) is 7.88. The molecule has 1 N–H and O–H groups in total. The first-order valence-corrected chi connectivity index (χ1v) is 8.71. The highest BCUT2D eigenvalue weighted by Gasteiger charge is 2.09. The van der Waals surface area contributed by atoms with Crippen molar-refractivity contribution in [1.82, 2.24) is 10.2 Å².